The van der Waals surface area contributed by atoms with E-state index in [0.29, 0.717) is 24.5 Å². The van der Waals surface area contributed by atoms with Crippen LogP contribution in [-0.4, -0.2) is 44.3 Å². The van der Waals surface area contributed by atoms with Gasteiger partial charge in [-0.1, -0.05) is 48.0 Å². The Balaban J connectivity index is 0.00000408. The van der Waals surface area contributed by atoms with Crippen molar-refractivity contribution in [1.29, 1.82) is 0 Å². The normalized spacial score (nSPS) is 11.9. The van der Waals surface area contributed by atoms with Gasteiger partial charge in [-0.05, 0) is 60.5 Å². The summed E-state index contributed by atoms with van der Waals surface area (Å²) in [6, 6.07) is 19.5. The second kappa shape index (κ2) is 12.7. The van der Waals surface area contributed by atoms with Gasteiger partial charge in [-0.15, -0.1) is 12.4 Å². The molecule has 1 atom stereocenters. The summed E-state index contributed by atoms with van der Waals surface area (Å²) in [6.45, 7) is 0.319. The third-order valence-corrected chi connectivity index (χ3v) is 6.93. The standard InChI is InChI=1S/C24H24ClNO6S.ClH/c25-19-5-3-4-18(14-19)21(27)15-26-13-12-17-8-10-20(11-9-17)33(30,31)23-7-2-1-6-22(23)32-16-24(28)29;/h1-11,14,21,26-27H,12-13,15-16H2,(H,28,29);1H/t21-;/m1./s1. The summed E-state index contributed by atoms with van der Waals surface area (Å²) in [7, 11) is -3.88. The van der Waals surface area contributed by atoms with E-state index in [2.05, 4.69) is 5.32 Å². The lowest BCUT2D eigenvalue weighted by Gasteiger charge is -2.13. The Morgan fingerprint density at radius 3 is 2.41 bits per heavy atom. The maximum atomic E-state index is 13.0. The Morgan fingerprint density at radius 1 is 1.03 bits per heavy atom. The van der Waals surface area contributed by atoms with Crippen LogP contribution in [0, 0.1) is 0 Å². The zero-order chi connectivity index (χ0) is 23.8. The Morgan fingerprint density at radius 2 is 1.74 bits per heavy atom. The first kappa shape index (κ1) is 27.6. The van der Waals surface area contributed by atoms with Crippen molar-refractivity contribution < 1.29 is 28.2 Å². The van der Waals surface area contributed by atoms with Crippen molar-refractivity contribution in [2.45, 2.75) is 22.3 Å². The van der Waals surface area contributed by atoms with Gasteiger partial charge in [0, 0.05) is 11.6 Å². The quantitative estimate of drug-likeness (QED) is 0.325. The Hall–Kier alpha value is -2.62. The third-order valence-electron chi connectivity index (χ3n) is 4.89. The number of hydrogen-bond donors (Lipinski definition) is 3. The van der Waals surface area contributed by atoms with E-state index in [1.807, 2.05) is 6.07 Å². The molecule has 34 heavy (non-hydrogen) atoms. The van der Waals surface area contributed by atoms with E-state index in [-0.39, 0.29) is 27.9 Å². The number of carboxylic acid groups (broad SMARTS) is 1. The molecule has 0 amide bonds. The Labute approximate surface area is 209 Å². The largest absolute Gasteiger partial charge is 0.481 e. The molecular formula is C24H25Cl2NO6S. The van der Waals surface area contributed by atoms with Crippen LogP contribution in [0.4, 0.5) is 0 Å². The van der Waals surface area contributed by atoms with Crippen molar-refractivity contribution in [3.63, 3.8) is 0 Å². The topological polar surface area (TPSA) is 113 Å². The molecule has 3 aromatic carbocycles. The maximum Gasteiger partial charge on any atom is 0.341 e. The molecule has 3 rings (SSSR count). The van der Waals surface area contributed by atoms with Crippen molar-refractivity contribution in [2.24, 2.45) is 0 Å². The molecule has 0 spiro atoms. The van der Waals surface area contributed by atoms with Crippen LogP contribution in [0.3, 0.4) is 0 Å². The molecule has 0 aromatic heterocycles. The summed E-state index contributed by atoms with van der Waals surface area (Å²) >= 11 is 5.95. The zero-order valence-electron chi connectivity index (χ0n) is 18.1. The van der Waals surface area contributed by atoms with Gasteiger partial charge in [0.1, 0.15) is 10.6 Å². The van der Waals surface area contributed by atoms with E-state index in [0.717, 1.165) is 11.1 Å². The molecular weight excluding hydrogens is 501 g/mol. The van der Waals surface area contributed by atoms with Crippen molar-refractivity contribution in [2.75, 3.05) is 19.7 Å². The average molecular weight is 526 g/mol. The van der Waals surface area contributed by atoms with Crippen molar-refractivity contribution in [1.82, 2.24) is 5.32 Å². The summed E-state index contributed by atoms with van der Waals surface area (Å²) in [5.41, 5.74) is 1.66. The first-order chi connectivity index (χ1) is 15.8. The molecule has 182 valence electrons. The number of aliphatic hydroxyl groups excluding tert-OH is 1. The number of carbonyl (C=O) groups is 1. The van der Waals surface area contributed by atoms with Gasteiger partial charge in [0.25, 0.3) is 0 Å². The molecule has 0 aliphatic carbocycles. The molecule has 0 aliphatic rings. The van der Waals surface area contributed by atoms with Crippen LogP contribution in [0.25, 0.3) is 0 Å². The third kappa shape index (κ3) is 7.44. The fraction of sp³-hybridized carbons (Fsp3) is 0.208. The number of nitrogens with one attached hydrogen (secondary N) is 1. The number of aliphatic hydroxyl groups is 1. The van der Waals surface area contributed by atoms with Gasteiger partial charge in [-0.2, -0.15) is 0 Å². The van der Waals surface area contributed by atoms with Crippen LogP contribution >= 0.6 is 24.0 Å². The highest BCUT2D eigenvalue weighted by Gasteiger charge is 2.22. The molecule has 0 saturated heterocycles. The SMILES string of the molecule is Cl.O=C(O)COc1ccccc1S(=O)(=O)c1ccc(CCNC[C@@H](O)c2cccc(Cl)c2)cc1. The molecule has 10 heteroatoms. The lowest BCUT2D eigenvalue weighted by atomic mass is 10.1. The summed E-state index contributed by atoms with van der Waals surface area (Å²) in [5.74, 6) is -1.20. The van der Waals surface area contributed by atoms with E-state index in [4.69, 9.17) is 21.4 Å². The van der Waals surface area contributed by atoms with Crippen LogP contribution in [-0.2, 0) is 21.1 Å². The summed E-state index contributed by atoms with van der Waals surface area (Å²) in [4.78, 5) is 10.8. The van der Waals surface area contributed by atoms with Gasteiger partial charge in [-0.25, -0.2) is 13.2 Å². The molecule has 0 heterocycles. The van der Waals surface area contributed by atoms with Crippen molar-refractivity contribution >= 4 is 39.8 Å². The molecule has 0 saturated carbocycles. The van der Waals surface area contributed by atoms with Crippen molar-refractivity contribution in [3.8, 4) is 5.75 Å². The van der Waals surface area contributed by atoms with E-state index in [9.17, 15) is 18.3 Å². The summed E-state index contributed by atoms with van der Waals surface area (Å²) in [5, 5.41) is 22.8. The van der Waals surface area contributed by atoms with E-state index in [1.165, 1.54) is 24.3 Å². The minimum absolute atomic E-state index is 0. The number of halogens is 2. The second-order valence-corrected chi connectivity index (χ2v) is 9.66. The number of benzene rings is 3. The molecule has 0 unspecified atom stereocenters. The van der Waals surface area contributed by atoms with E-state index < -0.39 is 28.5 Å². The summed E-state index contributed by atoms with van der Waals surface area (Å²) in [6.07, 6.45) is -0.0411. The van der Waals surface area contributed by atoms with E-state index >= 15 is 0 Å². The number of hydrogen-bond acceptors (Lipinski definition) is 6. The van der Waals surface area contributed by atoms with Gasteiger partial charge in [-0.3, -0.25) is 0 Å². The van der Waals surface area contributed by atoms with Crippen LogP contribution < -0.4 is 10.1 Å². The number of para-hydroxylation sites is 1. The minimum Gasteiger partial charge on any atom is -0.481 e. The number of rotatable bonds is 11. The second-order valence-electron chi connectivity index (χ2n) is 7.30. The van der Waals surface area contributed by atoms with Gasteiger partial charge < -0.3 is 20.3 Å². The van der Waals surface area contributed by atoms with Gasteiger partial charge >= 0.3 is 5.97 Å². The molecule has 3 aromatic rings. The van der Waals surface area contributed by atoms with E-state index in [1.54, 1.807) is 42.5 Å². The highest BCUT2D eigenvalue weighted by molar-refractivity contribution is 7.91. The molecule has 3 N–H and O–H groups in total. The summed E-state index contributed by atoms with van der Waals surface area (Å²) < 4.78 is 31.2. The molecule has 0 bridgehead atoms. The smallest absolute Gasteiger partial charge is 0.341 e. The lowest BCUT2D eigenvalue weighted by molar-refractivity contribution is -0.139. The number of carboxylic acids is 1. The van der Waals surface area contributed by atoms with Crippen LogP contribution in [0.1, 0.15) is 17.2 Å². The average Bonchev–Trinajstić information content (AvgIpc) is 2.81. The van der Waals surface area contributed by atoms with Crippen LogP contribution in [0.5, 0.6) is 5.75 Å². The predicted octanol–water partition coefficient (Wildman–Crippen LogP) is 3.92. The van der Waals surface area contributed by atoms with Gasteiger partial charge in [0.05, 0.1) is 11.0 Å². The van der Waals surface area contributed by atoms with Crippen molar-refractivity contribution in [3.05, 3.63) is 88.9 Å². The monoisotopic (exact) mass is 525 g/mol. The number of aliphatic carboxylic acids is 1. The van der Waals surface area contributed by atoms with Crippen LogP contribution in [0.15, 0.2) is 82.6 Å². The Kier molecular flexibility index (Phi) is 10.3. The Bertz CT molecular complexity index is 1200. The fourth-order valence-corrected chi connectivity index (χ4v) is 4.79. The predicted molar refractivity (Wildman–Crippen MR) is 132 cm³/mol. The minimum atomic E-state index is -3.88. The van der Waals surface area contributed by atoms with Gasteiger partial charge in [0.15, 0.2) is 6.61 Å². The molecule has 7 nitrogen and oxygen atoms in total. The first-order valence-corrected chi connectivity index (χ1v) is 12.1. The molecule has 0 aliphatic heterocycles. The number of sulfone groups is 1. The zero-order valence-corrected chi connectivity index (χ0v) is 20.4. The highest BCUT2D eigenvalue weighted by Crippen LogP contribution is 2.29. The highest BCUT2D eigenvalue weighted by atomic mass is 35.5. The maximum absolute atomic E-state index is 13.0. The lowest BCUT2D eigenvalue weighted by Crippen LogP contribution is -2.23. The fourth-order valence-electron chi connectivity index (χ4n) is 3.20. The van der Waals surface area contributed by atoms with Gasteiger partial charge in [0.2, 0.25) is 9.84 Å². The molecule has 0 radical (unpaired) electrons. The number of ether oxygens (including phenoxy) is 1. The van der Waals surface area contributed by atoms with Crippen LogP contribution in [0.2, 0.25) is 5.02 Å². The molecule has 0 fully saturated rings. The first-order valence-electron chi connectivity index (χ1n) is 10.2.